The Labute approximate surface area is 119 Å². The lowest BCUT2D eigenvalue weighted by Crippen LogP contribution is -2.34. The second-order valence-corrected chi connectivity index (χ2v) is 4.52. The van der Waals surface area contributed by atoms with Crippen molar-refractivity contribution in [2.24, 2.45) is 0 Å². The molecule has 1 atom stereocenters. The summed E-state index contributed by atoms with van der Waals surface area (Å²) in [6.07, 6.45) is 2.74. The quantitative estimate of drug-likeness (QED) is 0.812. The van der Waals surface area contributed by atoms with Gasteiger partial charge in [-0.2, -0.15) is 0 Å². The third kappa shape index (κ3) is 4.67. The molecule has 0 fully saturated rings. The molecular formula is C16H20FNO2. The Morgan fingerprint density at radius 2 is 2.20 bits per heavy atom. The van der Waals surface area contributed by atoms with E-state index < -0.39 is 5.82 Å². The van der Waals surface area contributed by atoms with Crippen molar-refractivity contribution in [1.29, 1.82) is 0 Å². The van der Waals surface area contributed by atoms with Crippen LogP contribution in [0.1, 0.15) is 49.0 Å². The summed E-state index contributed by atoms with van der Waals surface area (Å²) in [5.41, 5.74) is 0.629. The monoisotopic (exact) mass is 277 g/mol. The van der Waals surface area contributed by atoms with E-state index in [1.54, 1.807) is 0 Å². The molecule has 0 aliphatic heterocycles. The Kier molecular flexibility index (Phi) is 6.75. The molecule has 0 radical (unpaired) electrons. The van der Waals surface area contributed by atoms with Crippen LogP contribution in [0.2, 0.25) is 0 Å². The Morgan fingerprint density at radius 3 is 2.80 bits per heavy atom. The first kappa shape index (κ1) is 16.2. The van der Waals surface area contributed by atoms with Gasteiger partial charge in [0.25, 0.3) is 5.91 Å². The van der Waals surface area contributed by atoms with Gasteiger partial charge in [-0.1, -0.05) is 32.1 Å². The normalized spacial score (nSPS) is 11.4. The van der Waals surface area contributed by atoms with Crippen LogP contribution in [-0.4, -0.2) is 23.7 Å². The average Bonchev–Trinajstić information content (AvgIpc) is 2.44. The average molecular weight is 277 g/mol. The Bertz CT molecular complexity index is 517. The molecule has 0 heterocycles. The van der Waals surface area contributed by atoms with E-state index in [2.05, 4.69) is 24.1 Å². The van der Waals surface area contributed by atoms with Crippen molar-refractivity contribution in [1.82, 2.24) is 5.32 Å². The van der Waals surface area contributed by atoms with Crippen molar-refractivity contribution in [3.05, 3.63) is 35.1 Å². The van der Waals surface area contributed by atoms with Crippen LogP contribution in [-0.2, 0) is 0 Å². The maximum absolute atomic E-state index is 13.2. The van der Waals surface area contributed by atoms with Gasteiger partial charge in [0.1, 0.15) is 12.4 Å². The molecule has 20 heavy (non-hydrogen) atoms. The summed E-state index contributed by atoms with van der Waals surface area (Å²) in [6, 6.07) is 3.97. The molecule has 4 heteroatoms. The highest BCUT2D eigenvalue weighted by atomic mass is 19.1. The van der Waals surface area contributed by atoms with Crippen molar-refractivity contribution >= 4 is 5.91 Å². The molecule has 0 saturated carbocycles. The predicted octanol–water partition coefficient (Wildman–Crippen LogP) is 2.48. The highest BCUT2D eigenvalue weighted by Crippen LogP contribution is 2.12. The molecule has 0 aromatic heterocycles. The number of carbonyl (C=O) groups is 1. The summed E-state index contributed by atoms with van der Waals surface area (Å²) in [6.45, 7) is 3.74. The maximum atomic E-state index is 13.2. The van der Waals surface area contributed by atoms with Gasteiger partial charge in [0, 0.05) is 11.6 Å². The summed E-state index contributed by atoms with van der Waals surface area (Å²) < 4.78 is 13.2. The number of hydrogen-bond donors (Lipinski definition) is 2. The molecule has 1 rings (SSSR count). The van der Waals surface area contributed by atoms with Gasteiger partial charge < -0.3 is 10.4 Å². The molecule has 0 spiro atoms. The van der Waals surface area contributed by atoms with E-state index in [-0.39, 0.29) is 18.6 Å². The SMILES string of the molecule is CCCC(CC)NC(=O)c1ccc(F)cc1C#CCO. The molecule has 108 valence electrons. The van der Waals surface area contributed by atoms with Gasteiger partial charge in [-0.05, 0) is 31.0 Å². The first-order valence-electron chi connectivity index (χ1n) is 6.82. The topological polar surface area (TPSA) is 49.3 Å². The number of aliphatic hydroxyl groups excluding tert-OH is 1. The molecule has 1 aromatic carbocycles. The van der Waals surface area contributed by atoms with Gasteiger partial charge in [-0.25, -0.2) is 4.39 Å². The van der Waals surface area contributed by atoms with Crippen LogP contribution in [0.25, 0.3) is 0 Å². The fraction of sp³-hybridized carbons (Fsp3) is 0.438. The molecule has 1 unspecified atom stereocenters. The first-order chi connectivity index (χ1) is 9.62. The molecule has 1 amide bonds. The van der Waals surface area contributed by atoms with Gasteiger partial charge in [0.15, 0.2) is 0 Å². The third-order valence-corrected chi connectivity index (χ3v) is 2.99. The van der Waals surface area contributed by atoms with E-state index in [0.29, 0.717) is 11.1 Å². The number of amides is 1. The minimum absolute atomic E-state index is 0.108. The minimum atomic E-state index is -0.454. The Balaban J connectivity index is 2.97. The zero-order chi connectivity index (χ0) is 15.0. The number of benzene rings is 1. The van der Waals surface area contributed by atoms with Crippen molar-refractivity contribution < 1.29 is 14.3 Å². The predicted molar refractivity (Wildman–Crippen MR) is 76.8 cm³/mol. The zero-order valence-corrected chi connectivity index (χ0v) is 11.9. The van der Waals surface area contributed by atoms with Crippen LogP contribution in [0, 0.1) is 17.7 Å². The number of aliphatic hydroxyl groups is 1. The smallest absolute Gasteiger partial charge is 0.252 e. The number of carbonyl (C=O) groups excluding carboxylic acids is 1. The Morgan fingerprint density at radius 1 is 1.45 bits per heavy atom. The standard InChI is InChI=1S/C16H20FNO2/c1-3-6-14(4-2)18-16(20)15-9-8-13(17)11-12(15)7-5-10-19/h8-9,11,14,19H,3-4,6,10H2,1-2H3,(H,18,20). The fourth-order valence-electron chi connectivity index (χ4n) is 1.94. The molecular weight excluding hydrogens is 257 g/mol. The van der Waals surface area contributed by atoms with E-state index in [1.807, 2.05) is 6.92 Å². The van der Waals surface area contributed by atoms with Crippen molar-refractivity contribution in [2.45, 2.75) is 39.2 Å². The zero-order valence-electron chi connectivity index (χ0n) is 11.9. The molecule has 2 N–H and O–H groups in total. The minimum Gasteiger partial charge on any atom is -0.384 e. The summed E-state index contributed by atoms with van der Waals surface area (Å²) in [5.74, 6) is 4.33. The van der Waals surface area contributed by atoms with Crippen molar-refractivity contribution in [2.75, 3.05) is 6.61 Å². The summed E-state index contributed by atoms with van der Waals surface area (Å²) in [4.78, 5) is 12.2. The van der Waals surface area contributed by atoms with Crippen molar-refractivity contribution in [3.8, 4) is 11.8 Å². The number of rotatable bonds is 5. The number of hydrogen-bond acceptors (Lipinski definition) is 2. The van der Waals surface area contributed by atoms with E-state index in [1.165, 1.54) is 18.2 Å². The van der Waals surface area contributed by atoms with Gasteiger partial charge >= 0.3 is 0 Å². The lowest BCUT2D eigenvalue weighted by atomic mass is 10.0. The second-order valence-electron chi connectivity index (χ2n) is 4.52. The van der Waals surface area contributed by atoms with Crippen LogP contribution in [0.4, 0.5) is 4.39 Å². The van der Waals surface area contributed by atoms with Crippen molar-refractivity contribution in [3.63, 3.8) is 0 Å². The molecule has 0 aliphatic rings. The van der Waals surface area contributed by atoms with Crippen LogP contribution in [0.5, 0.6) is 0 Å². The van der Waals surface area contributed by atoms with Gasteiger partial charge in [-0.3, -0.25) is 4.79 Å². The first-order valence-corrected chi connectivity index (χ1v) is 6.82. The van der Waals surface area contributed by atoms with Crippen LogP contribution >= 0.6 is 0 Å². The lowest BCUT2D eigenvalue weighted by molar-refractivity contribution is 0.0933. The highest BCUT2D eigenvalue weighted by Gasteiger charge is 2.14. The van der Waals surface area contributed by atoms with Crippen LogP contribution < -0.4 is 5.32 Å². The third-order valence-electron chi connectivity index (χ3n) is 2.99. The molecule has 1 aromatic rings. The molecule has 0 bridgehead atoms. The van der Waals surface area contributed by atoms with Gasteiger partial charge in [0.05, 0.1) is 5.56 Å². The van der Waals surface area contributed by atoms with E-state index in [9.17, 15) is 9.18 Å². The van der Waals surface area contributed by atoms with Crippen LogP contribution in [0.15, 0.2) is 18.2 Å². The van der Waals surface area contributed by atoms with Crippen LogP contribution in [0.3, 0.4) is 0 Å². The molecule has 0 aliphatic carbocycles. The summed E-state index contributed by atoms with van der Waals surface area (Å²) in [5, 5.41) is 11.6. The van der Waals surface area contributed by atoms with Gasteiger partial charge in [-0.15, -0.1) is 0 Å². The molecule has 0 saturated heterocycles. The van der Waals surface area contributed by atoms with E-state index in [0.717, 1.165) is 19.3 Å². The molecule has 3 nitrogen and oxygen atoms in total. The number of nitrogens with one attached hydrogen (secondary N) is 1. The fourth-order valence-corrected chi connectivity index (χ4v) is 1.94. The largest absolute Gasteiger partial charge is 0.384 e. The summed E-state index contributed by atoms with van der Waals surface area (Å²) in [7, 11) is 0. The van der Waals surface area contributed by atoms with E-state index >= 15 is 0 Å². The number of halogens is 1. The second kappa shape index (κ2) is 8.34. The maximum Gasteiger partial charge on any atom is 0.252 e. The highest BCUT2D eigenvalue weighted by molar-refractivity contribution is 5.96. The summed E-state index contributed by atoms with van der Waals surface area (Å²) >= 11 is 0. The van der Waals surface area contributed by atoms with E-state index in [4.69, 9.17) is 5.11 Å². The lowest BCUT2D eigenvalue weighted by Gasteiger charge is -2.16. The van der Waals surface area contributed by atoms with Gasteiger partial charge in [0.2, 0.25) is 0 Å². The Hall–Kier alpha value is -1.86.